The summed E-state index contributed by atoms with van der Waals surface area (Å²) in [6.07, 6.45) is 44.1. The summed E-state index contributed by atoms with van der Waals surface area (Å²) in [5.41, 5.74) is 0. The lowest BCUT2D eigenvalue weighted by Crippen LogP contribution is -2.45. The number of allylic oxidation sites excluding steroid dienone is 1. The lowest BCUT2D eigenvalue weighted by atomic mass is 10.0. The largest absolute Gasteiger partial charge is 0.756 e. The fourth-order valence-electron chi connectivity index (χ4n) is 6.98. The molecular formula is C46H93N2O6P. The van der Waals surface area contributed by atoms with Gasteiger partial charge >= 0.3 is 0 Å². The van der Waals surface area contributed by atoms with E-state index in [-0.39, 0.29) is 19.1 Å². The minimum atomic E-state index is -4.58. The molecule has 8 nitrogen and oxygen atoms in total. The summed E-state index contributed by atoms with van der Waals surface area (Å²) in [4.78, 5) is 25.3. The van der Waals surface area contributed by atoms with Crippen molar-refractivity contribution in [1.82, 2.24) is 5.32 Å². The molecule has 0 fully saturated rings. The first-order valence-electron chi connectivity index (χ1n) is 23.6. The van der Waals surface area contributed by atoms with Crippen LogP contribution in [0.25, 0.3) is 0 Å². The molecule has 0 saturated heterocycles. The van der Waals surface area contributed by atoms with Gasteiger partial charge in [0.25, 0.3) is 7.82 Å². The molecule has 3 atom stereocenters. The number of phosphoric ester groups is 1. The van der Waals surface area contributed by atoms with E-state index in [1.54, 1.807) is 6.08 Å². The summed E-state index contributed by atoms with van der Waals surface area (Å²) in [6, 6.07) is -0.879. The van der Waals surface area contributed by atoms with Crippen molar-refractivity contribution in [2.75, 3.05) is 40.9 Å². The molecule has 0 aliphatic carbocycles. The SMILES string of the molecule is CCCCCCCCCC/C=C/C(O)C(COP(=O)([O-])OCC[N+](C)(C)C)NC(=O)CCCCCCCCCCCCCCCCCCCCCCCCC. The van der Waals surface area contributed by atoms with Crippen molar-refractivity contribution in [1.29, 1.82) is 0 Å². The van der Waals surface area contributed by atoms with Crippen molar-refractivity contribution in [2.24, 2.45) is 0 Å². The molecule has 9 heteroatoms. The molecule has 2 N–H and O–H groups in total. The standard InChI is InChI=1S/C46H93N2O6P/c1-6-8-10-12-14-16-18-19-20-21-22-23-24-25-26-27-28-29-30-32-34-36-38-40-46(50)47-44(43-54-55(51,52)53-42-41-48(3,4)5)45(49)39-37-35-33-31-17-15-13-11-9-7-2/h37,39,44-45,49H,6-36,38,40-43H2,1-5H3,(H-,47,50,51,52)/b39-37+. The first-order valence-corrected chi connectivity index (χ1v) is 25.0. The zero-order valence-electron chi connectivity index (χ0n) is 37.1. The van der Waals surface area contributed by atoms with E-state index < -0.39 is 20.0 Å². The van der Waals surface area contributed by atoms with Gasteiger partial charge in [0, 0.05) is 6.42 Å². The minimum Gasteiger partial charge on any atom is -0.756 e. The number of nitrogens with zero attached hydrogens (tertiary/aromatic N) is 1. The Morgan fingerprint density at radius 1 is 0.618 bits per heavy atom. The highest BCUT2D eigenvalue weighted by Crippen LogP contribution is 2.38. The minimum absolute atomic E-state index is 0.00189. The van der Waals surface area contributed by atoms with Crippen LogP contribution in [0.15, 0.2) is 12.2 Å². The number of quaternary nitrogens is 1. The summed E-state index contributed by atoms with van der Waals surface area (Å²) in [5, 5.41) is 13.7. The van der Waals surface area contributed by atoms with Gasteiger partial charge in [-0.05, 0) is 19.3 Å². The van der Waals surface area contributed by atoms with Crippen LogP contribution in [0.4, 0.5) is 0 Å². The molecule has 0 aliphatic rings. The first-order chi connectivity index (χ1) is 26.5. The van der Waals surface area contributed by atoms with Crippen LogP contribution in [0.2, 0.25) is 0 Å². The van der Waals surface area contributed by atoms with E-state index in [1.165, 1.54) is 167 Å². The van der Waals surface area contributed by atoms with Gasteiger partial charge in [-0.2, -0.15) is 0 Å². The fraction of sp³-hybridized carbons (Fsp3) is 0.935. The molecule has 0 aromatic rings. The van der Waals surface area contributed by atoms with Crippen LogP contribution >= 0.6 is 7.82 Å². The smallest absolute Gasteiger partial charge is 0.268 e. The Hall–Kier alpha value is -0.760. The second-order valence-corrected chi connectivity index (χ2v) is 18.9. The highest BCUT2D eigenvalue weighted by Gasteiger charge is 2.23. The highest BCUT2D eigenvalue weighted by molar-refractivity contribution is 7.45. The summed E-state index contributed by atoms with van der Waals surface area (Å²) < 4.78 is 23.2. The highest BCUT2D eigenvalue weighted by atomic mass is 31.2. The van der Waals surface area contributed by atoms with Crippen LogP contribution in [0.1, 0.15) is 226 Å². The third kappa shape index (κ3) is 41.2. The Morgan fingerprint density at radius 3 is 1.36 bits per heavy atom. The average Bonchev–Trinajstić information content (AvgIpc) is 3.13. The number of rotatable bonds is 43. The van der Waals surface area contributed by atoms with E-state index in [4.69, 9.17) is 9.05 Å². The average molecular weight is 801 g/mol. The molecule has 0 rings (SSSR count). The van der Waals surface area contributed by atoms with Gasteiger partial charge in [0.1, 0.15) is 13.2 Å². The van der Waals surface area contributed by atoms with E-state index in [0.717, 1.165) is 38.5 Å². The quantitative estimate of drug-likeness (QED) is 0.0275. The van der Waals surface area contributed by atoms with Crippen LogP contribution in [-0.4, -0.2) is 68.5 Å². The molecule has 0 saturated carbocycles. The summed E-state index contributed by atoms with van der Waals surface area (Å²) in [7, 11) is 1.27. The molecule has 328 valence electrons. The van der Waals surface area contributed by atoms with E-state index in [2.05, 4.69) is 19.2 Å². The summed E-state index contributed by atoms with van der Waals surface area (Å²) >= 11 is 0. The number of nitrogens with one attached hydrogen (secondary N) is 1. The van der Waals surface area contributed by atoms with Gasteiger partial charge in [-0.1, -0.05) is 212 Å². The van der Waals surface area contributed by atoms with Crippen molar-refractivity contribution in [2.45, 2.75) is 238 Å². The Morgan fingerprint density at radius 2 is 0.982 bits per heavy atom. The van der Waals surface area contributed by atoms with Gasteiger partial charge in [-0.15, -0.1) is 0 Å². The molecule has 0 bridgehead atoms. The zero-order valence-corrected chi connectivity index (χ0v) is 38.0. The third-order valence-corrected chi connectivity index (χ3v) is 11.7. The number of carbonyl (C=O) groups is 1. The van der Waals surface area contributed by atoms with Crippen LogP contribution in [0.5, 0.6) is 0 Å². The number of carbonyl (C=O) groups excluding carboxylic acids is 1. The fourth-order valence-corrected chi connectivity index (χ4v) is 7.70. The third-order valence-electron chi connectivity index (χ3n) is 10.7. The molecule has 0 radical (unpaired) electrons. The maximum absolute atomic E-state index is 12.8. The monoisotopic (exact) mass is 801 g/mol. The molecule has 0 aromatic heterocycles. The number of hydrogen-bond donors (Lipinski definition) is 2. The Bertz CT molecular complexity index is 911. The van der Waals surface area contributed by atoms with Gasteiger partial charge in [-0.25, -0.2) is 0 Å². The number of phosphoric acid groups is 1. The van der Waals surface area contributed by atoms with Gasteiger partial charge in [0.15, 0.2) is 0 Å². The van der Waals surface area contributed by atoms with Gasteiger partial charge in [-0.3, -0.25) is 9.36 Å². The Kier molecular flexibility index (Phi) is 38.2. The second-order valence-electron chi connectivity index (χ2n) is 17.5. The number of hydrogen-bond acceptors (Lipinski definition) is 6. The van der Waals surface area contributed by atoms with Crippen molar-refractivity contribution >= 4 is 13.7 Å². The Labute approximate surface area is 342 Å². The predicted octanol–water partition coefficient (Wildman–Crippen LogP) is 12.5. The van der Waals surface area contributed by atoms with E-state index in [1.807, 2.05) is 27.2 Å². The zero-order chi connectivity index (χ0) is 40.7. The van der Waals surface area contributed by atoms with Crippen LogP contribution in [0.3, 0.4) is 0 Å². The predicted molar refractivity (Wildman–Crippen MR) is 233 cm³/mol. The number of aliphatic hydroxyl groups is 1. The molecule has 3 unspecified atom stereocenters. The molecular weight excluding hydrogens is 707 g/mol. The molecule has 0 aliphatic heterocycles. The van der Waals surface area contributed by atoms with Crippen molar-refractivity contribution in [3.63, 3.8) is 0 Å². The van der Waals surface area contributed by atoms with Crippen molar-refractivity contribution < 1.29 is 32.9 Å². The van der Waals surface area contributed by atoms with Crippen LogP contribution in [0, 0.1) is 0 Å². The lowest BCUT2D eigenvalue weighted by molar-refractivity contribution is -0.870. The second kappa shape index (κ2) is 38.7. The van der Waals surface area contributed by atoms with E-state index >= 15 is 0 Å². The lowest BCUT2D eigenvalue weighted by Gasteiger charge is -2.29. The summed E-state index contributed by atoms with van der Waals surface area (Å²) in [6.45, 7) is 4.64. The molecule has 0 spiro atoms. The van der Waals surface area contributed by atoms with Gasteiger partial charge < -0.3 is 28.8 Å². The maximum Gasteiger partial charge on any atom is 0.268 e. The number of aliphatic hydroxyl groups excluding tert-OH is 1. The number of likely N-dealkylation sites (N-methyl/N-ethyl adjacent to an activating group) is 1. The number of amides is 1. The molecule has 1 amide bonds. The maximum atomic E-state index is 12.8. The van der Waals surface area contributed by atoms with E-state index in [9.17, 15) is 19.4 Å². The van der Waals surface area contributed by atoms with Crippen molar-refractivity contribution in [3.8, 4) is 0 Å². The van der Waals surface area contributed by atoms with Gasteiger partial charge in [0.2, 0.25) is 5.91 Å². The molecule has 0 aromatic carbocycles. The molecule has 0 heterocycles. The topological polar surface area (TPSA) is 108 Å². The summed E-state index contributed by atoms with van der Waals surface area (Å²) in [5.74, 6) is -0.195. The van der Waals surface area contributed by atoms with Crippen LogP contribution < -0.4 is 10.2 Å². The normalized spacial score (nSPS) is 14.4. The Balaban J connectivity index is 4.16. The first kappa shape index (κ1) is 54.2. The van der Waals surface area contributed by atoms with E-state index in [0.29, 0.717) is 17.4 Å². The van der Waals surface area contributed by atoms with Crippen LogP contribution in [-0.2, 0) is 18.4 Å². The van der Waals surface area contributed by atoms with Crippen molar-refractivity contribution in [3.05, 3.63) is 12.2 Å². The van der Waals surface area contributed by atoms with Gasteiger partial charge in [0.05, 0.1) is 39.9 Å². The molecule has 55 heavy (non-hydrogen) atoms. The number of unbranched alkanes of at least 4 members (excludes halogenated alkanes) is 30.